The van der Waals surface area contributed by atoms with Crippen LogP contribution in [0.5, 0.6) is 0 Å². The molecule has 0 spiro atoms. The van der Waals surface area contributed by atoms with E-state index in [0.29, 0.717) is 29.4 Å². The summed E-state index contributed by atoms with van der Waals surface area (Å²) in [5, 5.41) is 8.55. The third kappa shape index (κ3) is 6.04. The van der Waals surface area contributed by atoms with E-state index in [1.807, 2.05) is 13.0 Å². The van der Waals surface area contributed by atoms with Crippen molar-refractivity contribution in [2.75, 3.05) is 10.6 Å². The summed E-state index contributed by atoms with van der Waals surface area (Å²) in [6, 6.07) is 12.8. The average Bonchev–Trinajstić information content (AvgIpc) is 3.53. The molecule has 2 aromatic carbocycles. The van der Waals surface area contributed by atoms with Crippen LogP contribution in [0, 0.1) is 6.92 Å². The summed E-state index contributed by atoms with van der Waals surface area (Å²) in [5.74, 6) is -0.422. The predicted molar refractivity (Wildman–Crippen MR) is 115 cm³/mol. The minimum atomic E-state index is -0.275. The van der Waals surface area contributed by atoms with Crippen molar-refractivity contribution in [3.63, 3.8) is 0 Å². The van der Waals surface area contributed by atoms with Crippen LogP contribution >= 0.6 is 0 Å². The summed E-state index contributed by atoms with van der Waals surface area (Å²) in [7, 11) is 0. The van der Waals surface area contributed by atoms with E-state index in [9.17, 15) is 14.4 Å². The molecule has 3 rings (SSSR count). The molecule has 0 saturated heterocycles. The molecule has 1 aliphatic carbocycles. The van der Waals surface area contributed by atoms with Crippen molar-refractivity contribution in [3.05, 3.63) is 65.2 Å². The standard InChI is InChI=1S/C23H25N3O3/c1-3-21(27)24-19-10-4-15(2)20(14-19)26-22(28)13-7-16-5-8-17(9-6-16)23(29)25-18-11-12-18/h4-10,13-14,18H,3,11-12H2,1-2H3,(H,24,27)(H,25,29)(H,26,28)/b13-7+. The molecular weight excluding hydrogens is 366 g/mol. The van der Waals surface area contributed by atoms with Crippen molar-refractivity contribution >= 4 is 35.2 Å². The molecule has 0 radical (unpaired) electrons. The van der Waals surface area contributed by atoms with Crippen molar-refractivity contribution < 1.29 is 14.4 Å². The van der Waals surface area contributed by atoms with Gasteiger partial charge >= 0.3 is 0 Å². The van der Waals surface area contributed by atoms with Crippen molar-refractivity contribution in [1.82, 2.24) is 5.32 Å². The smallest absolute Gasteiger partial charge is 0.251 e. The molecular formula is C23H25N3O3. The van der Waals surface area contributed by atoms with Gasteiger partial charge < -0.3 is 16.0 Å². The highest BCUT2D eigenvalue weighted by Gasteiger charge is 2.23. The van der Waals surface area contributed by atoms with Gasteiger partial charge in [0.15, 0.2) is 0 Å². The third-order valence-electron chi connectivity index (χ3n) is 4.61. The van der Waals surface area contributed by atoms with E-state index in [1.165, 1.54) is 6.08 Å². The summed E-state index contributed by atoms with van der Waals surface area (Å²) >= 11 is 0. The van der Waals surface area contributed by atoms with Crippen LogP contribution in [-0.2, 0) is 9.59 Å². The zero-order chi connectivity index (χ0) is 20.8. The number of carbonyl (C=O) groups excluding carboxylic acids is 3. The fourth-order valence-corrected chi connectivity index (χ4v) is 2.67. The Hall–Kier alpha value is -3.41. The van der Waals surface area contributed by atoms with E-state index < -0.39 is 0 Å². The van der Waals surface area contributed by atoms with Crippen LogP contribution in [0.3, 0.4) is 0 Å². The minimum Gasteiger partial charge on any atom is -0.349 e. The van der Waals surface area contributed by atoms with Crippen LogP contribution in [0.15, 0.2) is 48.5 Å². The first-order valence-corrected chi connectivity index (χ1v) is 9.75. The second-order valence-electron chi connectivity index (χ2n) is 7.12. The molecule has 0 aromatic heterocycles. The van der Waals surface area contributed by atoms with Gasteiger partial charge in [-0.2, -0.15) is 0 Å². The number of anilines is 2. The summed E-state index contributed by atoms with van der Waals surface area (Å²) in [6.07, 6.45) is 5.62. The molecule has 3 N–H and O–H groups in total. The van der Waals surface area contributed by atoms with Gasteiger partial charge in [-0.05, 0) is 61.2 Å². The van der Waals surface area contributed by atoms with Gasteiger partial charge in [-0.15, -0.1) is 0 Å². The van der Waals surface area contributed by atoms with Gasteiger partial charge in [0, 0.05) is 35.5 Å². The second-order valence-corrected chi connectivity index (χ2v) is 7.12. The number of hydrogen-bond acceptors (Lipinski definition) is 3. The van der Waals surface area contributed by atoms with Crippen LogP contribution in [0.4, 0.5) is 11.4 Å². The molecule has 0 unspecified atom stereocenters. The number of rotatable bonds is 7. The summed E-state index contributed by atoms with van der Waals surface area (Å²) in [5.41, 5.74) is 3.61. The van der Waals surface area contributed by atoms with Gasteiger partial charge in [-0.3, -0.25) is 14.4 Å². The van der Waals surface area contributed by atoms with E-state index in [1.54, 1.807) is 49.4 Å². The van der Waals surface area contributed by atoms with Gasteiger partial charge in [0.2, 0.25) is 11.8 Å². The maximum absolute atomic E-state index is 12.3. The summed E-state index contributed by atoms with van der Waals surface area (Å²) in [6.45, 7) is 3.67. The topological polar surface area (TPSA) is 87.3 Å². The summed E-state index contributed by atoms with van der Waals surface area (Å²) in [4.78, 5) is 35.8. The number of aryl methyl sites for hydroxylation is 1. The molecule has 6 heteroatoms. The van der Waals surface area contributed by atoms with Crippen molar-refractivity contribution in [2.45, 2.75) is 39.2 Å². The Bertz CT molecular complexity index is 944. The SMILES string of the molecule is CCC(=O)Nc1ccc(C)c(NC(=O)/C=C/c2ccc(C(=O)NC3CC3)cc2)c1. The van der Waals surface area contributed by atoms with Crippen LogP contribution < -0.4 is 16.0 Å². The highest BCUT2D eigenvalue weighted by atomic mass is 16.2. The maximum Gasteiger partial charge on any atom is 0.251 e. The van der Waals surface area contributed by atoms with Crippen molar-refractivity contribution in [3.8, 4) is 0 Å². The van der Waals surface area contributed by atoms with E-state index in [-0.39, 0.29) is 17.7 Å². The molecule has 1 aliphatic rings. The largest absolute Gasteiger partial charge is 0.349 e. The minimum absolute atomic E-state index is 0.0636. The molecule has 2 aromatic rings. The molecule has 1 saturated carbocycles. The molecule has 6 nitrogen and oxygen atoms in total. The van der Waals surface area contributed by atoms with E-state index in [4.69, 9.17) is 0 Å². The van der Waals surface area contributed by atoms with Gasteiger partial charge in [-0.25, -0.2) is 0 Å². The molecule has 0 bridgehead atoms. The Morgan fingerprint density at radius 2 is 1.76 bits per heavy atom. The molecule has 0 aliphatic heterocycles. The van der Waals surface area contributed by atoms with E-state index in [0.717, 1.165) is 24.0 Å². The lowest BCUT2D eigenvalue weighted by molar-refractivity contribution is -0.116. The number of carbonyl (C=O) groups is 3. The highest BCUT2D eigenvalue weighted by Crippen LogP contribution is 2.21. The summed E-state index contributed by atoms with van der Waals surface area (Å²) < 4.78 is 0. The number of nitrogens with one attached hydrogen (secondary N) is 3. The van der Waals surface area contributed by atoms with Crippen LogP contribution in [0.1, 0.15) is 47.7 Å². The lowest BCUT2D eigenvalue weighted by Crippen LogP contribution is -2.25. The molecule has 1 fully saturated rings. The maximum atomic E-state index is 12.3. The number of benzene rings is 2. The molecule has 29 heavy (non-hydrogen) atoms. The zero-order valence-corrected chi connectivity index (χ0v) is 16.6. The van der Waals surface area contributed by atoms with Gasteiger partial charge in [0.05, 0.1) is 0 Å². The highest BCUT2D eigenvalue weighted by molar-refractivity contribution is 6.03. The van der Waals surface area contributed by atoms with Crippen LogP contribution in [0.25, 0.3) is 6.08 Å². The molecule has 3 amide bonds. The molecule has 0 atom stereocenters. The predicted octanol–water partition coefficient (Wildman–Crippen LogP) is 3.89. The Labute approximate surface area is 170 Å². The molecule has 150 valence electrons. The van der Waals surface area contributed by atoms with Crippen molar-refractivity contribution in [2.24, 2.45) is 0 Å². The lowest BCUT2D eigenvalue weighted by atomic mass is 10.1. The Balaban J connectivity index is 1.59. The fraction of sp³-hybridized carbons (Fsp3) is 0.261. The number of amides is 3. The zero-order valence-electron chi connectivity index (χ0n) is 16.6. The third-order valence-corrected chi connectivity index (χ3v) is 4.61. The van der Waals surface area contributed by atoms with Crippen molar-refractivity contribution in [1.29, 1.82) is 0 Å². The number of hydrogen-bond donors (Lipinski definition) is 3. The molecule has 0 heterocycles. The normalized spacial score (nSPS) is 13.2. The van der Waals surface area contributed by atoms with Gasteiger partial charge in [0.25, 0.3) is 5.91 Å². The van der Waals surface area contributed by atoms with Gasteiger partial charge in [0.1, 0.15) is 0 Å². The average molecular weight is 391 g/mol. The Morgan fingerprint density at radius 3 is 2.41 bits per heavy atom. The Morgan fingerprint density at radius 1 is 1.03 bits per heavy atom. The quantitative estimate of drug-likeness (QED) is 0.626. The van der Waals surface area contributed by atoms with Crippen LogP contribution in [0.2, 0.25) is 0 Å². The first kappa shape index (κ1) is 20.3. The fourth-order valence-electron chi connectivity index (χ4n) is 2.67. The second kappa shape index (κ2) is 9.19. The first-order valence-electron chi connectivity index (χ1n) is 9.75. The lowest BCUT2D eigenvalue weighted by Gasteiger charge is -2.10. The van der Waals surface area contributed by atoms with Crippen LogP contribution in [-0.4, -0.2) is 23.8 Å². The first-order chi connectivity index (χ1) is 13.9. The monoisotopic (exact) mass is 391 g/mol. The van der Waals surface area contributed by atoms with E-state index >= 15 is 0 Å². The van der Waals surface area contributed by atoms with Gasteiger partial charge in [-0.1, -0.05) is 25.1 Å². The Kier molecular flexibility index (Phi) is 6.44. The van der Waals surface area contributed by atoms with E-state index in [2.05, 4.69) is 16.0 Å².